The first kappa shape index (κ1) is 13.7. The normalized spacial score (nSPS) is 10.9. The summed E-state index contributed by atoms with van der Waals surface area (Å²) in [6, 6.07) is 0. The van der Waals surface area contributed by atoms with Gasteiger partial charge in [-0.3, -0.25) is 0 Å². The second-order valence-corrected chi connectivity index (χ2v) is 4.57. The highest BCUT2D eigenvalue weighted by atomic mass is 15.1. The Hall–Kier alpha value is -1.36. The van der Waals surface area contributed by atoms with E-state index in [2.05, 4.69) is 34.3 Å². The van der Waals surface area contributed by atoms with Crippen molar-refractivity contribution in [2.45, 2.75) is 26.7 Å². The fourth-order valence-corrected chi connectivity index (χ4v) is 1.58. The van der Waals surface area contributed by atoms with Crippen molar-refractivity contribution in [3.8, 4) is 0 Å². The number of aromatic nitrogens is 2. The minimum Gasteiger partial charge on any atom is -0.383 e. The van der Waals surface area contributed by atoms with Gasteiger partial charge in [0.15, 0.2) is 0 Å². The molecule has 0 aromatic carbocycles. The van der Waals surface area contributed by atoms with E-state index < -0.39 is 0 Å². The van der Waals surface area contributed by atoms with Crippen LogP contribution in [0, 0.1) is 13.8 Å². The Morgan fingerprint density at radius 3 is 2.53 bits per heavy atom. The largest absolute Gasteiger partial charge is 0.383 e. The molecule has 1 rings (SSSR count). The molecule has 0 bridgehead atoms. The quantitative estimate of drug-likeness (QED) is 0.733. The molecule has 5 heteroatoms. The van der Waals surface area contributed by atoms with Gasteiger partial charge in [0, 0.05) is 12.1 Å². The van der Waals surface area contributed by atoms with Gasteiger partial charge in [0.2, 0.25) is 0 Å². The van der Waals surface area contributed by atoms with Crippen LogP contribution in [0.25, 0.3) is 0 Å². The highest BCUT2D eigenvalue weighted by molar-refractivity contribution is 5.54. The SMILES string of the molecule is Cc1nc(N)c(C)c(NCCCCN(C)C)n1. The average Bonchev–Trinajstić information content (AvgIpc) is 2.23. The molecule has 3 N–H and O–H groups in total. The lowest BCUT2D eigenvalue weighted by Crippen LogP contribution is -2.15. The third kappa shape index (κ3) is 4.56. The number of hydrogen-bond acceptors (Lipinski definition) is 5. The van der Waals surface area contributed by atoms with Crippen molar-refractivity contribution in [1.82, 2.24) is 14.9 Å². The third-order valence-electron chi connectivity index (χ3n) is 2.62. The van der Waals surface area contributed by atoms with E-state index in [1.54, 1.807) is 0 Å². The molecule has 0 saturated heterocycles. The summed E-state index contributed by atoms with van der Waals surface area (Å²) in [5, 5.41) is 3.32. The van der Waals surface area contributed by atoms with Crippen molar-refractivity contribution in [1.29, 1.82) is 0 Å². The van der Waals surface area contributed by atoms with Gasteiger partial charge in [-0.15, -0.1) is 0 Å². The number of hydrogen-bond donors (Lipinski definition) is 2. The summed E-state index contributed by atoms with van der Waals surface area (Å²) in [7, 11) is 4.18. The lowest BCUT2D eigenvalue weighted by Gasteiger charge is -2.12. The maximum absolute atomic E-state index is 5.79. The number of aryl methyl sites for hydroxylation is 1. The smallest absolute Gasteiger partial charge is 0.134 e. The molecule has 0 saturated carbocycles. The number of rotatable bonds is 6. The minimum absolute atomic E-state index is 0.563. The molecule has 1 aromatic rings. The fourth-order valence-electron chi connectivity index (χ4n) is 1.58. The Morgan fingerprint density at radius 2 is 1.88 bits per heavy atom. The summed E-state index contributed by atoms with van der Waals surface area (Å²) in [4.78, 5) is 10.7. The van der Waals surface area contributed by atoms with Crippen molar-refractivity contribution >= 4 is 11.6 Å². The van der Waals surface area contributed by atoms with Crippen molar-refractivity contribution < 1.29 is 0 Å². The van der Waals surface area contributed by atoms with Gasteiger partial charge >= 0.3 is 0 Å². The summed E-state index contributed by atoms with van der Waals surface area (Å²) in [5.74, 6) is 2.14. The number of nitrogens with zero attached hydrogens (tertiary/aromatic N) is 3. The topological polar surface area (TPSA) is 67.1 Å². The Kier molecular flexibility index (Phi) is 5.15. The molecule has 1 aromatic heterocycles. The summed E-state index contributed by atoms with van der Waals surface area (Å²) in [5.41, 5.74) is 6.73. The third-order valence-corrected chi connectivity index (χ3v) is 2.62. The fraction of sp³-hybridized carbons (Fsp3) is 0.667. The Balaban J connectivity index is 2.41. The number of nitrogen functional groups attached to an aromatic ring is 1. The lowest BCUT2D eigenvalue weighted by atomic mass is 10.2. The second kappa shape index (κ2) is 6.39. The molecule has 0 aliphatic heterocycles. The van der Waals surface area contributed by atoms with Crippen LogP contribution in [0.2, 0.25) is 0 Å². The molecule has 17 heavy (non-hydrogen) atoms. The minimum atomic E-state index is 0.563. The van der Waals surface area contributed by atoms with Crippen molar-refractivity contribution in [3.63, 3.8) is 0 Å². The molecule has 5 nitrogen and oxygen atoms in total. The first-order valence-electron chi connectivity index (χ1n) is 6.00. The van der Waals surface area contributed by atoms with E-state index in [-0.39, 0.29) is 0 Å². The molecule has 0 atom stereocenters. The van der Waals surface area contributed by atoms with Gasteiger partial charge in [-0.1, -0.05) is 0 Å². The molecule has 0 spiro atoms. The number of nitrogens with one attached hydrogen (secondary N) is 1. The van der Waals surface area contributed by atoms with E-state index in [1.807, 2.05) is 13.8 Å². The van der Waals surface area contributed by atoms with Crippen molar-refractivity contribution in [2.75, 3.05) is 38.2 Å². The Bertz CT molecular complexity index is 362. The number of unbranched alkanes of at least 4 members (excludes halogenated alkanes) is 1. The molecule has 96 valence electrons. The molecule has 0 aliphatic carbocycles. The van der Waals surface area contributed by atoms with Crippen LogP contribution in [0.3, 0.4) is 0 Å². The second-order valence-electron chi connectivity index (χ2n) is 4.57. The molecule has 1 heterocycles. The molecule has 0 amide bonds. The molecule has 0 unspecified atom stereocenters. The van der Waals surface area contributed by atoms with E-state index >= 15 is 0 Å². The maximum atomic E-state index is 5.79. The summed E-state index contributed by atoms with van der Waals surface area (Å²) < 4.78 is 0. The molecule has 0 aliphatic rings. The van der Waals surface area contributed by atoms with Crippen LogP contribution in [0.15, 0.2) is 0 Å². The number of nitrogens with two attached hydrogens (primary N) is 1. The van der Waals surface area contributed by atoms with Gasteiger partial charge in [-0.25, -0.2) is 9.97 Å². The van der Waals surface area contributed by atoms with Gasteiger partial charge in [0.1, 0.15) is 17.5 Å². The zero-order chi connectivity index (χ0) is 12.8. The summed E-state index contributed by atoms with van der Waals surface area (Å²) in [6.45, 7) is 5.83. The van der Waals surface area contributed by atoms with Gasteiger partial charge in [-0.05, 0) is 47.3 Å². The van der Waals surface area contributed by atoms with Crippen LogP contribution < -0.4 is 11.1 Å². The van der Waals surface area contributed by atoms with Crippen molar-refractivity contribution in [2.24, 2.45) is 0 Å². The Morgan fingerprint density at radius 1 is 1.18 bits per heavy atom. The van der Waals surface area contributed by atoms with Crippen LogP contribution in [-0.2, 0) is 0 Å². The van der Waals surface area contributed by atoms with E-state index in [4.69, 9.17) is 5.73 Å². The zero-order valence-corrected chi connectivity index (χ0v) is 11.2. The highest BCUT2D eigenvalue weighted by Gasteiger charge is 2.05. The average molecular weight is 237 g/mol. The van der Waals surface area contributed by atoms with Gasteiger partial charge in [-0.2, -0.15) is 0 Å². The highest BCUT2D eigenvalue weighted by Crippen LogP contribution is 2.16. The van der Waals surface area contributed by atoms with Crippen LogP contribution in [0.1, 0.15) is 24.2 Å². The Labute approximate surface area is 103 Å². The predicted molar refractivity (Wildman–Crippen MR) is 72.2 cm³/mol. The molecular formula is C12H23N5. The van der Waals surface area contributed by atoms with Crippen LogP contribution in [0.4, 0.5) is 11.6 Å². The molecule has 0 radical (unpaired) electrons. The zero-order valence-electron chi connectivity index (χ0n) is 11.2. The molecule has 0 fully saturated rings. The molecular weight excluding hydrogens is 214 g/mol. The summed E-state index contributed by atoms with van der Waals surface area (Å²) >= 11 is 0. The maximum Gasteiger partial charge on any atom is 0.134 e. The first-order valence-corrected chi connectivity index (χ1v) is 6.00. The standard InChI is InChI=1S/C12H23N5/c1-9-11(13)15-10(2)16-12(9)14-7-5-6-8-17(3)4/h5-8H2,1-4H3,(H3,13,14,15,16). The first-order chi connectivity index (χ1) is 8.00. The lowest BCUT2D eigenvalue weighted by molar-refractivity contribution is 0.396. The van der Waals surface area contributed by atoms with Crippen LogP contribution in [-0.4, -0.2) is 42.1 Å². The monoisotopic (exact) mass is 237 g/mol. The summed E-state index contributed by atoms with van der Waals surface area (Å²) in [6.07, 6.45) is 2.30. The van der Waals surface area contributed by atoms with Gasteiger partial charge < -0.3 is 16.0 Å². The van der Waals surface area contributed by atoms with Gasteiger partial charge in [0.25, 0.3) is 0 Å². The van der Waals surface area contributed by atoms with Crippen molar-refractivity contribution in [3.05, 3.63) is 11.4 Å². The van der Waals surface area contributed by atoms with E-state index in [0.29, 0.717) is 11.6 Å². The number of anilines is 2. The van der Waals surface area contributed by atoms with Gasteiger partial charge in [0.05, 0.1) is 0 Å². The van der Waals surface area contributed by atoms with E-state index in [9.17, 15) is 0 Å². The predicted octanol–water partition coefficient (Wildman–Crippen LogP) is 1.43. The van der Waals surface area contributed by atoms with E-state index in [0.717, 1.165) is 30.9 Å². The van der Waals surface area contributed by atoms with Crippen LogP contribution >= 0.6 is 0 Å². The van der Waals surface area contributed by atoms with Crippen LogP contribution in [0.5, 0.6) is 0 Å². The van der Waals surface area contributed by atoms with E-state index in [1.165, 1.54) is 6.42 Å².